The van der Waals surface area contributed by atoms with Crippen molar-refractivity contribution in [2.24, 2.45) is 0 Å². The molecule has 24 heavy (non-hydrogen) atoms. The summed E-state index contributed by atoms with van der Waals surface area (Å²) in [5.41, 5.74) is 2.93. The first-order valence-electron chi connectivity index (χ1n) is 7.61. The summed E-state index contributed by atoms with van der Waals surface area (Å²) < 4.78 is 19.7. The van der Waals surface area contributed by atoms with Crippen LogP contribution in [0.3, 0.4) is 0 Å². The highest BCUT2D eigenvalue weighted by molar-refractivity contribution is 7.80. The molecule has 0 bridgehead atoms. The fourth-order valence-electron chi connectivity index (χ4n) is 2.52. The highest BCUT2D eigenvalue weighted by Crippen LogP contribution is 2.38. The molecule has 0 heterocycles. The van der Waals surface area contributed by atoms with Crippen molar-refractivity contribution in [1.82, 2.24) is 0 Å². The van der Waals surface area contributed by atoms with Crippen LogP contribution in [0.1, 0.15) is 24.5 Å². The largest absolute Gasteiger partial charge is 0.499 e. The van der Waals surface area contributed by atoms with E-state index in [0.717, 1.165) is 11.1 Å². The molecule has 0 aromatic heterocycles. The Balaban J connectivity index is 2.41. The summed E-state index contributed by atoms with van der Waals surface area (Å²) in [6, 6.07) is 7.07. The number of halogens is 3. The summed E-state index contributed by atoms with van der Waals surface area (Å²) in [6.07, 6.45) is 1.00. The minimum Gasteiger partial charge on any atom is -0.499 e. The van der Waals surface area contributed by atoms with E-state index in [1.54, 1.807) is 12.1 Å². The molecule has 0 saturated carbocycles. The Hall–Kier alpha value is -1.16. The number of hydrogen-bond donors (Lipinski definition) is 1. The lowest BCUT2D eigenvalue weighted by Crippen LogP contribution is -1.98. The average Bonchev–Trinajstić information content (AvgIpc) is 2.48. The minimum atomic E-state index is -0.342. The van der Waals surface area contributed by atoms with Gasteiger partial charge in [0.1, 0.15) is 5.82 Å². The molecule has 0 spiro atoms. The molecule has 2 aromatic carbocycles. The van der Waals surface area contributed by atoms with Crippen LogP contribution in [0, 0.1) is 12.7 Å². The van der Waals surface area contributed by atoms with Gasteiger partial charge >= 0.3 is 0 Å². The molecule has 0 aliphatic heterocycles. The first kappa shape index (κ1) is 19.2. The van der Waals surface area contributed by atoms with Gasteiger partial charge in [-0.1, -0.05) is 29.8 Å². The summed E-state index contributed by atoms with van der Waals surface area (Å²) in [5.74, 6) is 0.292. The van der Waals surface area contributed by atoms with Crippen molar-refractivity contribution in [3.8, 4) is 11.1 Å². The maximum atomic E-state index is 14.4. The fourth-order valence-corrected chi connectivity index (χ4v) is 3.62. The van der Waals surface area contributed by atoms with Crippen LogP contribution in [0.2, 0.25) is 10.0 Å². The number of aryl methyl sites for hydroxylation is 2. The number of benzene rings is 2. The third kappa shape index (κ3) is 4.47. The van der Waals surface area contributed by atoms with Crippen molar-refractivity contribution in [2.45, 2.75) is 31.6 Å². The zero-order valence-corrected chi connectivity index (χ0v) is 16.0. The molecule has 0 fully saturated rings. The molecule has 5 heteroatoms. The number of thiol groups is 1. The first-order valence-corrected chi connectivity index (χ1v) is 8.81. The second-order valence-corrected chi connectivity index (χ2v) is 6.84. The Morgan fingerprint density at radius 3 is 2.42 bits per heavy atom. The monoisotopic (exact) mass is 384 g/mol. The molecule has 0 N–H and O–H groups in total. The summed E-state index contributed by atoms with van der Waals surface area (Å²) in [4.78, 5) is 0.261. The molecule has 2 aromatic rings. The van der Waals surface area contributed by atoms with E-state index in [1.807, 2.05) is 26.0 Å². The SMILES string of the molecule is C=C(CCc1cc(-c2c(Cl)cc(C)cc2Cl)cc(S)c1F)OCC. The Morgan fingerprint density at radius 1 is 1.21 bits per heavy atom. The van der Waals surface area contributed by atoms with E-state index in [4.69, 9.17) is 27.9 Å². The molecule has 0 atom stereocenters. The second-order valence-electron chi connectivity index (χ2n) is 5.54. The molecule has 0 aliphatic rings. The van der Waals surface area contributed by atoms with Gasteiger partial charge in [0.05, 0.1) is 22.4 Å². The third-order valence-electron chi connectivity index (χ3n) is 3.63. The summed E-state index contributed by atoms with van der Waals surface area (Å²) in [7, 11) is 0. The molecule has 0 unspecified atom stereocenters. The molecule has 0 radical (unpaired) electrons. The van der Waals surface area contributed by atoms with Gasteiger partial charge in [0, 0.05) is 16.9 Å². The lowest BCUT2D eigenvalue weighted by molar-refractivity contribution is 0.220. The standard InChI is InChI=1S/C19H19Cl2FOS/c1-4-23-12(3)5-6-13-9-14(10-17(24)19(13)22)18-15(20)7-11(2)8-16(18)21/h7-10,24H,3-6H2,1-2H3. The van der Waals surface area contributed by atoms with Crippen molar-refractivity contribution < 1.29 is 9.13 Å². The van der Waals surface area contributed by atoms with Gasteiger partial charge in [0.2, 0.25) is 0 Å². The van der Waals surface area contributed by atoms with Crippen LogP contribution in [0.4, 0.5) is 4.39 Å². The maximum absolute atomic E-state index is 14.4. The predicted octanol–water partition coefficient (Wildman–Crippen LogP) is 6.88. The average molecular weight is 385 g/mol. The minimum absolute atomic E-state index is 0.261. The van der Waals surface area contributed by atoms with E-state index >= 15 is 0 Å². The van der Waals surface area contributed by atoms with Crippen molar-refractivity contribution in [3.05, 3.63) is 63.6 Å². The van der Waals surface area contributed by atoms with Gasteiger partial charge in [-0.3, -0.25) is 0 Å². The van der Waals surface area contributed by atoms with Gasteiger partial charge in [-0.2, -0.15) is 0 Å². The number of hydrogen-bond acceptors (Lipinski definition) is 2. The van der Waals surface area contributed by atoms with Crippen LogP contribution in [0.5, 0.6) is 0 Å². The second kappa shape index (κ2) is 8.28. The number of ether oxygens (including phenoxy) is 1. The van der Waals surface area contributed by atoms with E-state index in [-0.39, 0.29) is 10.7 Å². The molecular formula is C19H19Cl2FOS. The van der Waals surface area contributed by atoms with E-state index in [2.05, 4.69) is 19.2 Å². The van der Waals surface area contributed by atoms with Gasteiger partial charge < -0.3 is 4.74 Å². The third-order valence-corrected chi connectivity index (χ3v) is 4.55. The van der Waals surface area contributed by atoms with Gasteiger partial charge in [-0.05, 0) is 61.2 Å². The molecule has 128 valence electrons. The Morgan fingerprint density at radius 2 is 1.83 bits per heavy atom. The van der Waals surface area contributed by atoms with Gasteiger partial charge in [0.15, 0.2) is 0 Å². The van der Waals surface area contributed by atoms with Crippen LogP contribution in [0.15, 0.2) is 41.5 Å². The van der Waals surface area contributed by atoms with Gasteiger partial charge in [-0.25, -0.2) is 4.39 Å². The van der Waals surface area contributed by atoms with Gasteiger partial charge in [-0.15, -0.1) is 12.6 Å². The number of allylic oxidation sites excluding steroid dienone is 1. The fraction of sp³-hybridized carbons (Fsp3) is 0.263. The van der Waals surface area contributed by atoms with Crippen molar-refractivity contribution in [2.75, 3.05) is 6.61 Å². The van der Waals surface area contributed by atoms with Crippen molar-refractivity contribution in [3.63, 3.8) is 0 Å². The van der Waals surface area contributed by atoms with Crippen LogP contribution >= 0.6 is 35.8 Å². The maximum Gasteiger partial charge on any atom is 0.139 e. The Bertz CT molecular complexity index is 751. The zero-order chi connectivity index (χ0) is 17.9. The van der Waals surface area contributed by atoms with Gasteiger partial charge in [0.25, 0.3) is 0 Å². The van der Waals surface area contributed by atoms with Crippen molar-refractivity contribution >= 4 is 35.8 Å². The molecule has 1 nitrogen and oxygen atoms in total. The quantitative estimate of drug-likeness (QED) is 0.421. The molecule has 0 saturated heterocycles. The number of rotatable bonds is 6. The summed E-state index contributed by atoms with van der Waals surface area (Å²) in [6.45, 7) is 8.18. The molecule has 2 rings (SSSR count). The molecule has 0 aliphatic carbocycles. The highest BCUT2D eigenvalue weighted by atomic mass is 35.5. The normalized spacial score (nSPS) is 10.8. The van der Waals surface area contributed by atoms with E-state index in [9.17, 15) is 4.39 Å². The lowest BCUT2D eigenvalue weighted by Gasteiger charge is -2.13. The van der Waals surface area contributed by atoms with Crippen LogP contribution in [-0.2, 0) is 11.2 Å². The Kier molecular flexibility index (Phi) is 6.62. The van der Waals surface area contributed by atoms with E-state index in [0.29, 0.717) is 46.4 Å². The summed E-state index contributed by atoms with van der Waals surface area (Å²) >= 11 is 16.9. The van der Waals surface area contributed by atoms with Crippen LogP contribution in [0.25, 0.3) is 11.1 Å². The summed E-state index contributed by atoms with van der Waals surface area (Å²) in [5, 5.41) is 1.06. The van der Waals surface area contributed by atoms with Crippen LogP contribution < -0.4 is 0 Å². The Labute approximate surface area is 157 Å². The van der Waals surface area contributed by atoms with E-state index < -0.39 is 0 Å². The van der Waals surface area contributed by atoms with Crippen molar-refractivity contribution in [1.29, 1.82) is 0 Å². The van der Waals surface area contributed by atoms with Crippen LogP contribution in [-0.4, -0.2) is 6.61 Å². The molecule has 0 amide bonds. The topological polar surface area (TPSA) is 9.23 Å². The highest BCUT2D eigenvalue weighted by Gasteiger charge is 2.15. The first-order chi connectivity index (χ1) is 11.3. The zero-order valence-electron chi connectivity index (χ0n) is 13.6. The predicted molar refractivity (Wildman–Crippen MR) is 103 cm³/mol. The smallest absolute Gasteiger partial charge is 0.139 e. The molecular weight excluding hydrogens is 366 g/mol. The van der Waals surface area contributed by atoms with E-state index in [1.165, 1.54) is 0 Å². The lowest BCUT2D eigenvalue weighted by atomic mass is 9.99.